The molecule has 0 heterocycles. The highest BCUT2D eigenvalue weighted by atomic mass is 14.9. The van der Waals surface area contributed by atoms with Crippen molar-refractivity contribution < 1.29 is 0 Å². The molecule has 1 atom stereocenters. The fourth-order valence-corrected chi connectivity index (χ4v) is 2.10. The minimum atomic E-state index is 0.433. The Labute approximate surface area is 112 Å². The third-order valence-corrected chi connectivity index (χ3v) is 3.16. The quantitative estimate of drug-likeness (QED) is 0.525. The van der Waals surface area contributed by atoms with Gasteiger partial charge in [0.05, 0.1) is 0 Å². The summed E-state index contributed by atoms with van der Waals surface area (Å²) >= 11 is 0. The molecule has 0 aromatic heterocycles. The normalized spacial score (nSPS) is 12.7. The molecular weight excluding hydrogens is 218 g/mol. The van der Waals surface area contributed by atoms with Crippen LogP contribution in [0, 0.1) is 5.92 Å². The Balaban J connectivity index is 2.43. The van der Waals surface area contributed by atoms with Gasteiger partial charge in [-0.2, -0.15) is 0 Å². The number of nitrogens with one attached hydrogen (secondary N) is 1. The lowest BCUT2D eigenvalue weighted by Crippen LogP contribution is -2.19. The van der Waals surface area contributed by atoms with Crippen molar-refractivity contribution in [2.75, 3.05) is 6.54 Å². The fraction of sp³-hybridized carbons (Fsp3) is 0.529. The number of hydrogen-bond donors (Lipinski definition) is 1. The van der Waals surface area contributed by atoms with E-state index in [-0.39, 0.29) is 0 Å². The van der Waals surface area contributed by atoms with E-state index in [4.69, 9.17) is 0 Å². The van der Waals surface area contributed by atoms with Gasteiger partial charge in [-0.15, -0.1) is 6.58 Å². The summed E-state index contributed by atoms with van der Waals surface area (Å²) in [7, 11) is 0. The Morgan fingerprint density at radius 2 is 1.83 bits per heavy atom. The Hall–Kier alpha value is -1.08. The largest absolute Gasteiger partial charge is 0.310 e. The molecule has 1 N–H and O–H groups in total. The van der Waals surface area contributed by atoms with Gasteiger partial charge >= 0.3 is 0 Å². The van der Waals surface area contributed by atoms with E-state index in [1.807, 2.05) is 6.08 Å². The lowest BCUT2D eigenvalue weighted by atomic mass is 10.00. The first-order valence-electron chi connectivity index (χ1n) is 7.06. The smallest absolute Gasteiger partial charge is 0.0291 e. The molecular formula is C17H27N. The second-order valence-electron chi connectivity index (χ2n) is 5.45. The van der Waals surface area contributed by atoms with Crippen LogP contribution in [0.15, 0.2) is 36.9 Å². The van der Waals surface area contributed by atoms with E-state index >= 15 is 0 Å². The molecule has 1 rings (SSSR count). The summed E-state index contributed by atoms with van der Waals surface area (Å²) in [6.07, 6.45) is 5.40. The van der Waals surface area contributed by atoms with E-state index in [1.165, 1.54) is 24.0 Å². The summed E-state index contributed by atoms with van der Waals surface area (Å²) in [5.41, 5.74) is 2.81. The van der Waals surface area contributed by atoms with Gasteiger partial charge < -0.3 is 5.32 Å². The molecule has 0 radical (unpaired) electrons. The average Bonchev–Trinajstić information content (AvgIpc) is 2.34. The summed E-state index contributed by atoms with van der Waals surface area (Å²) in [5, 5.41) is 3.55. The number of benzene rings is 1. The predicted octanol–water partition coefficient (Wildman–Crippen LogP) is 4.50. The standard InChI is InChI=1S/C17H27N/c1-5-6-7-12-18-15(4)17-10-8-16(9-11-17)13-14(2)3/h5,8-11,14-15,18H,1,6-7,12-13H2,2-4H3. The van der Waals surface area contributed by atoms with Crippen molar-refractivity contribution in [3.05, 3.63) is 48.0 Å². The number of hydrogen-bond acceptors (Lipinski definition) is 1. The highest BCUT2D eigenvalue weighted by molar-refractivity contribution is 5.25. The molecule has 0 aliphatic heterocycles. The maximum absolute atomic E-state index is 3.74. The van der Waals surface area contributed by atoms with Crippen LogP contribution in [-0.2, 0) is 6.42 Å². The molecule has 1 aromatic carbocycles. The molecule has 0 spiro atoms. The lowest BCUT2D eigenvalue weighted by Gasteiger charge is -2.15. The zero-order valence-electron chi connectivity index (χ0n) is 12.1. The van der Waals surface area contributed by atoms with Crippen molar-refractivity contribution in [3.63, 3.8) is 0 Å². The summed E-state index contributed by atoms with van der Waals surface area (Å²) in [6.45, 7) is 11.5. The van der Waals surface area contributed by atoms with Gasteiger partial charge in [-0.25, -0.2) is 0 Å². The molecule has 0 aliphatic carbocycles. The molecule has 1 nitrogen and oxygen atoms in total. The minimum Gasteiger partial charge on any atom is -0.310 e. The first-order valence-corrected chi connectivity index (χ1v) is 7.06. The van der Waals surface area contributed by atoms with Crippen LogP contribution in [0.3, 0.4) is 0 Å². The van der Waals surface area contributed by atoms with Crippen molar-refractivity contribution in [2.45, 2.75) is 46.1 Å². The maximum atomic E-state index is 3.74. The van der Waals surface area contributed by atoms with E-state index in [0.717, 1.165) is 18.9 Å². The summed E-state index contributed by atoms with van der Waals surface area (Å²) < 4.78 is 0. The first-order chi connectivity index (χ1) is 8.63. The van der Waals surface area contributed by atoms with Crippen molar-refractivity contribution in [3.8, 4) is 0 Å². The molecule has 0 aliphatic rings. The van der Waals surface area contributed by atoms with Crippen LogP contribution in [-0.4, -0.2) is 6.54 Å². The number of allylic oxidation sites excluding steroid dienone is 1. The second-order valence-corrected chi connectivity index (χ2v) is 5.45. The van der Waals surface area contributed by atoms with Gasteiger partial charge in [0.1, 0.15) is 0 Å². The monoisotopic (exact) mass is 245 g/mol. The molecule has 0 fully saturated rings. The Bertz CT molecular complexity index is 337. The van der Waals surface area contributed by atoms with Gasteiger partial charge in [0, 0.05) is 6.04 Å². The molecule has 0 saturated carbocycles. The van der Waals surface area contributed by atoms with Crippen molar-refractivity contribution in [1.82, 2.24) is 5.32 Å². The van der Waals surface area contributed by atoms with Crippen LogP contribution < -0.4 is 5.32 Å². The van der Waals surface area contributed by atoms with Crippen molar-refractivity contribution in [2.24, 2.45) is 5.92 Å². The Morgan fingerprint density at radius 3 is 2.39 bits per heavy atom. The van der Waals surface area contributed by atoms with Crippen LogP contribution in [0.5, 0.6) is 0 Å². The zero-order valence-corrected chi connectivity index (χ0v) is 12.1. The summed E-state index contributed by atoms with van der Waals surface area (Å²) in [5.74, 6) is 0.727. The van der Waals surface area contributed by atoms with Crippen LogP contribution in [0.4, 0.5) is 0 Å². The Kier molecular flexibility index (Phi) is 6.74. The Morgan fingerprint density at radius 1 is 1.17 bits per heavy atom. The minimum absolute atomic E-state index is 0.433. The first kappa shape index (κ1) is 15.0. The molecule has 1 unspecified atom stereocenters. The fourth-order valence-electron chi connectivity index (χ4n) is 2.10. The van der Waals surface area contributed by atoms with Crippen LogP contribution in [0.1, 0.15) is 50.8 Å². The van der Waals surface area contributed by atoms with Gasteiger partial charge in [0.2, 0.25) is 0 Å². The van der Waals surface area contributed by atoms with Gasteiger partial charge in [0.25, 0.3) is 0 Å². The molecule has 1 aromatic rings. The topological polar surface area (TPSA) is 12.0 Å². The molecule has 0 amide bonds. The molecule has 0 saturated heterocycles. The predicted molar refractivity (Wildman–Crippen MR) is 80.8 cm³/mol. The maximum Gasteiger partial charge on any atom is 0.0291 e. The van der Waals surface area contributed by atoms with Crippen LogP contribution >= 0.6 is 0 Å². The molecule has 100 valence electrons. The van der Waals surface area contributed by atoms with E-state index in [9.17, 15) is 0 Å². The van der Waals surface area contributed by atoms with Gasteiger partial charge in [0.15, 0.2) is 0 Å². The highest BCUT2D eigenvalue weighted by Gasteiger charge is 2.04. The third-order valence-electron chi connectivity index (χ3n) is 3.16. The summed E-state index contributed by atoms with van der Waals surface area (Å²) in [6, 6.07) is 9.46. The van der Waals surface area contributed by atoms with Gasteiger partial charge in [-0.05, 0) is 49.8 Å². The van der Waals surface area contributed by atoms with E-state index < -0.39 is 0 Å². The summed E-state index contributed by atoms with van der Waals surface area (Å²) in [4.78, 5) is 0. The van der Waals surface area contributed by atoms with Crippen molar-refractivity contribution >= 4 is 0 Å². The van der Waals surface area contributed by atoms with Crippen LogP contribution in [0.2, 0.25) is 0 Å². The molecule has 18 heavy (non-hydrogen) atoms. The van der Waals surface area contributed by atoms with Crippen molar-refractivity contribution in [1.29, 1.82) is 0 Å². The highest BCUT2D eigenvalue weighted by Crippen LogP contribution is 2.15. The van der Waals surface area contributed by atoms with E-state index in [1.54, 1.807) is 0 Å². The average molecular weight is 245 g/mol. The SMILES string of the molecule is C=CCCCNC(C)c1ccc(CC(C)C)cc1. The van der Waals surface area contributed by atoms with E-state index in [0.29, 0.717) is 6.04 Å². The van der Waals surface area contributed by atoms with Crippen LogP contribution in [0.25, 0.3) is 0 Å². The zero-order chi connectivity index (χ0) is 13.4. The molecule has 0 bridgehead atoms. The lowest BCUT2D eigenvalue weighted by molar-refractivity contribution is 0.560. The second kappa shape index (κ2) is 8.10. The van der Waals surface area contributed by atoms with Gasteiger partial charge in [-0.1, -0.05) is 44.2 Å². The number of unbranched alkanes of at least 4 members (excludes halogenated alkanes) is 1. The molecule has 1 heteroatoms. The van der Waals surface area contributed by atoms with Gasteiger partial charge in [-0.3, -0.25) is 0 Å². The van der Waals surface area contributed by atoms with E-state index in [2.05, 4.69) is 56.9 Å². The number of rotatable bonds is 8. The third kappa shape index (κ3) is 5.50.